The zero-order valence-corrected chi connectivity index (χ0v) is 14.4. The van der Waals surface area contributed by atoms with Crippen LogP contribution in [0.15, 0.2) is 28.2 Å². The highest BCUT2D eigenvalue weighted by atomic mass is 35.5. The molecule has 0 aliphatic heterocycles. The first-order valence-electron chi connectivity index (χ1n) is 6.64. The monoisotopic (exact) mass is 376 g/mol. The lowest BCUT2D eigenvalue weighted by Crippen LogP contribution is -2.33. The first-order chi connectivity index (χ1) is 11.1. The van der Waals surface area contributed by atoms with E-state index in [9.17, 15) is 22.4 Å². The highest BCUT2D eigenvalue weighted by Crippen LogP contribution is 2.15. The SMILES string of the molecule is Cn1c(S(C)(=O)=O)nn(CC(=O)NCc2ccc(Cl)c(F)c2)c1=O. The fourth-order valence-corrected chi connectivity index (χ4v) is 2.88. The first kappa shape index (κ1) is 18.1. The maximum absolute atomic E-state index is 13.3. The largest absolute Gasteiger partial charge is 0.350 e. The molecule has 0 spiro atoms. The summed E-state index contributed by atoms with van der Waals surface area (Å²) in [5, 5.41) is 5.66. The first-order valence-corrected chi connectivity index (χ1v) is 8.91. The molecular weight excluding hydrogens is 363 g/mol. The Morgan fingerprint density at radius 1 is 1.42 bits per heavy atom. The molecule has 2 aromatic rings. The summed E-state index contributed by atoms with van der Waals surface area (Å²) in [7, 11) is -2.44. The molecule has 130 valence electrons. The molecule has 1 aromatic carbocycles. The van der Waals surface area contributed by atoms with Crippen molar-refractivity contribution in [2.45, 2.75) is 18.2 Å². The predicted octanol–water partition coefficient (Wildman–Crippen LogP) is 0.0942. The molecule has 1 aromatic heterocycles. The van der Waals surface area contributed by atoms with Crippen molar-refractivity contribution in [2.24, 2.45) is 7.05 Å². The van der Waals surface area contributed by atoms with Gasteiger partial charge in [-0.2, -0.15) is 0 Å². The van der Waals surface area contributed by atoms with Crippen LogP contribution in [-0.4, -0.2) is 34.9 Å². The Bertz CT molecular complexity index is 951. The molecule has 0 saturated heterocycles. The highest BCUT2D eigenvalue weighted by molar-refractivity contribution is 7.90. The van der Waals surface area contributed by atoms with Crippen LogP contribution >= 0.6 is 11.6 Å². The van der Waals surface area contributed by atoms with Gasteiger partial charge in [0.1, 0.15) is 12.4 Å². The summed E-state index contributed by atoms with van der Waals surface area (Å²) in [5.41, 5.74) is -0.251. The highest BCUT2D eigenvalue weighted by Gasteiger charge is 2.20. The van der Waals surface area contributed by atoms with E-state index in [1.54, 1.807) is 6.07 Å². The van der Waals surface area contributed by atoms with E-state index in [0.29, 0.717) is 5.56 Å². The zero-order chi connectivity index (χ0) is 18.1. The third-order valence-electron chi connectivity index (χ3n) is 3.10. The van der Waals surface area contributed by atoms with Crippen molar-refractivity contribution in [3.05, 3.63) is 45.1 Å². The third kappa shape index (κ3) is 4.01. The van der Waals surface area contributed by atoms with Gasteiger partial charge in [-0.25, -0.2) is 22.3 Å². The van der Waals surface area contributed by atoms with Crippen LogP contribution in [0, 0.1) is 5.82 Å². The molecule has 0 bridgehead atoms. The Morgan fingerprint density at radius 2 is 2.08 bits per heavy atom. The average molecular weight is 377 g/mol. The van der Waals surface area contributed by atoms with Gasteiger partial charge in [0.2, 0.25) is 20.9 Å². The molecule has 1 heterocycles. The summed E-state index contributed by atoms with van der Waals surface area (Å²) in [6.45, 7) is -0.439. The van der Waals surface area contributed by atoms with E-state index >= 15 is 0 Å². The van der Waals surface area contributed by atoms with Gasteiger partial charge in [0, 0.05) is 19.8 Å². The molecule has 1 N–H and O–H groups in total. The fourth-order valence-electron chi connectivity index (χ4n) is 1.94. The summed E-state index contributed by atoms with van der Waals surface area (Å²) in [4.78, 5) is 23.8. The summed E-state index contributed by atoms with van der Waals surface area (Å²) >= 11 is 5.56. The van der Waals surface area contributed by atoms with Crippen LogP contribution in [0.4, 0.5) is 4.39 Å². The van der Waals surface area contributed by atoms with E-state index < -0.39 is 39.0 Å². The molecule has 0 radical (unpaired) electrons. The van der Waals surface area contributed by atoms with Crippen molar-refractivity contribution in [3.8, 4) is 0 Å². The lowest BCUT2D eigenvalue weighted by molar-refractivity contribution is -0.122. The molecule has 1 amide bonds. The number of nitrogens with zero attached hydrogens (tertiary/aromatic N) is 3. The maximum Gasteiger partial charge on any atom is 0.346 e. The quantitative estimate of drug-likeness (QED) is 0.796. The van der Waals surface area contributed by atoms with Gasteiger partial charge < -0.3 is 5.32 Å². The van der Waals surface area contributed by atoms with Crippen LogP contribution in [-0.2, 0) is 34.8 Å². The van der Waals surface area contributed by atoms with Crippen molar-refractivity contribution in [1.82, 2.24) is 19.7 Å². The molecule has 0 atom stereocenters. The summed E-state index contributed by atoms with van der Waals surface area (Å²) in [6.07, 6.45) is 0.911. The van der Waals surface area contributed by atoms with Crippen molar-refractivity contribution in [3.63, 3.8) is 0 Å². The minimum absolute atomic E-state index is 0.0213. The number of rotatable bonds is 5. The molecule has 0 aliphatic rings. The Hall–Kier alpha value is -2.20. The van der Waals surface area contributed by atoms with E-state index in [-0.39, 0.29) is 11.6 Å². The minimum atomic E-state index is -3.69. The normalized spacial score (nSPS) is 11.5. The number of nitrogens with one attached hydrogen (secondary N) is 1. The maximum atomic E-state index is 13.3. The second-order valence-electron chi connectivity index (χ2n) is 5.08. The molecular formula is C13H14ClFN4O4S. The van der Waals surface area contributed by atoms with Crippen molar-refractivity contribution in [1.29, 1.82) is 0 Å². The van der Waals surface area contributed by atoms with Crippen LogP contribution < -0.4 is 11.0 Å². The Labute approximate surface area is 141 Å². The number of sulfone groups is 1. The van der Waals surface area contributed by atoms with E-state index in [4.69, 9.17) is 11.6 Å². The van der Waals surface area contributed by atoms with Crippen LogP contribution in [0.5, 0.6) is 0 Å². The third-order valence-corrected chi connectivity index (χ3v) is 4.42. The Kier molecular flexibility index (Phi) is 5.09. The van der Waals surface area contributed by atoms with Crippen LogP contribution in [0.3, 0.4) is 0 Å². The van der Waals surface area contributed by atoms with Gasteiger partial charge >= 0.3 is 5.69 Å². The van der Waals surface area contributed by atoms with E-state index in [0.717, 1.165) is 15.5 Å². The second-order valence-corrected chi connectivity index (χ2v) is 7.40. The molecule has 8 nitrogen and oxygen atoms in total. The molecule has 0 aliphatic carbocycles. The predicted molar refractivity (Wildman–Crippen MR) is 83.8 cm³/mol. The summed E-state index contributed by atoms with van der Waals surface area (Å²) in [6, 6.07) is 4.08. The molecule has 11 heteroatoms. The molecule has 0 saturated carbocycles. The van der Waals surface area contributed by atoms with Gasteiger partial charge in [-0.1, -0.05) is 17.7 Å². The fraction of sp³-hybridized carbons (Fsp3) is 0.308. The number of benzene rings is 1. The number of amides is 1. The summed E-state index contributed by atoms with van der Waals surface area (Å²) < 4.78 is 37.9. The van der Waals surface area contributed by atoms with Crippen molar-refractivity contribution >= 4 is 27.3 Å². The molecule has 2 rings (SSSR count). The average Bonchev–Trinajstić information content (AvgIpc) is 2.77. The number of hydrogen-bond donors (Lipinski definition) is 1. The standard InChI is InChI=1S/C13H14ClFN4O4S/c1-18-12(24(2,22)23)17-19(13(18)21)7-11(20)16-6-8-3-4-9(14)10(15)5-8/h3-5H,6-7H2,1-2H3,(H,16,20). The lowest BCUT2D eigenvalue weighted by Gasteiger charge is -2.05. The van der Waals surface area contributed by atoms with Gasteiger partial charge in [-0.05, 0) is 17.7 Å². The van der Waals surface area contributed by atoms with Gasteiger partial charge in [-0.15, -0.1) is 5.10 Å². The zero-order valence-electron chi connectivity index (χ0n) is 12.8. The van der Waals surface area contributed by atoms with Crippen LogP contribution in [0.1, 0.15) is 5.56 Å². The summed E-state index contributed by atoms with van der Waals surface area (Å²) in [5.74, 6) is -1.19. The van der Waals surface area contributed by atoms with Crippen molar-refractivity contribution < 1.29 is 17.6 Å². The number of halogens is 2. The van der Waals surface area contributed by atoms with Gasteiger partial charge in [0.05, 0.1) is 5.02 Å². The lowest BCUT2D eigenvalue weighted by atomic mass is 10.2. The van der Waals surface area contributed by atoms with Gasteiger partial charge in [-0.3, -0.25) is 9.36 Å². The van der Waals surface area contributed by atoms with Crippen LogP contribution in [0.25, 0.3) is 0 Å². The van der Waals surface area contributed by atoms with E-state index in [1.165, 1.54) is 19.2 Å². The Morgan fingerprint density at radius 3 is 2.62 bits per heavy atom. The number of carbonyl (C=O) groups is 1. The Balaban J connectivity index is 2.08. The van der Waals surface area contributed by atoms with Gasteiger partial charge in [0.25, 0.3) is 0 Å². The second kappa shape index (κ2) is 6.73. The van der Waals surface area contributed by atoms with E-state index in [2.05, 4.69) is 10.4 Å². The van der Waals surface area contributed by atoms with E-state index in [1.807, 2.05) is 0 Å². The van der Waals surface area contributed by atoms with Crippen LogP contribution in [0.2, 0.25) is 5.02 Å². The molecule has 0 fully saturated rings. The van der Waals surface area contributed by atoms with Gasteiger partial charge in [0.15, 0.2) is 0 Å². The smallest absolute Gasteiger partial charge is 0.346 e. The topological polar surface area (TPSA) is 103 Å². The van der Waals surface area contributed by atoms with Crippen molar-refractivity contribution in [2.75, 3.05) is 6.26 Å². The number of hydrogen-bond acceptors (Lipinski definition) is 5. The number of carbonyl (C=O) groups excluding carboxylic acids is 1. The molecule has 24 heavy (non-hydrogen) atoms. The molecule has 0 unspecified atom stereocenters. The minimum Gasteiger partial charge on any atom is -0.350 e. The number of aromatic nitrogens is 3.